The van der Waals surface area contributed by atoms with Crippen molar-refractivity contribution in [2.45, 2.75) is 19.3 Å². The summed E-state index contributed by atoms with van der Waals surface area (Å²) in [5, 5.41) is 12.5. The van der Waals surface area contributed by atoms with Crippen LogP contribution in [0, 0.1) is 11.3 Å². The van der Waals surface area contributed by atoms with Crippen LogP contribution in [0.25, 0.3) is 0 Å². The van der Waals surface area contributed by atoms with Crippen LogP contribution in [-0.2, 0) is 13.2 Å². The van der Waals surface area contributed by atoms with E-state index in [-0.39, 0.29) is 12.3 Å². The molecule has 2 rings (SSSR count). The first-order valence-electron chi connectivity index (χ1n) is 6.20. The van der Waals surface area contributed by atoms with Crippen LogP contribution >= 0.6 is 0 Å². The van der Waals surface area contributed by atoms with E-state index in [9.17, 15) is 13.2 Å². The summed E-state index contributed by atoms with van der Waals surface area (Å²) in [6.07, 6.45) is -3.08. The van der Waals surface area contributed by atoms with Crippen LogP contribution in [0.3, 0.4) is 0 Å². The highest BCUT2D eigenvalue weighted by Crippen LogP contribution is 2.24. The third-order valence-corrected chi connectivity index (χ3v) is 2.77. The van der Waals surface area contributed by atoms with Gasteiger partial charge in [-0.2, -0.15) is 23.5 Å². The van der Waals surface area contributed by atoms with Crippen molar-refractivity contribution < 1.29 is 22.6 Å². The molecule has 0 amide bonds. The lowest BCUT2D eigenvalue weighted by Crippen LogP contribution is -2.20. The van der Waals surface area contributed by atoms with Gasteiger partial charge in [-0.3, -0.25) is 4.68 Å². The maximum Gasteiger partial charge on any atom is 0.408 e. The van der Waals surface area contributed by atoms with Gasteiger partial charge < -0.3 is 9.47 Å². The summed E-state index contributed by atoms with van der Waals surface area (Å²) in [6.45, 7) is -1.28. The standard InChI is InChI=1S/C14H12F3N3O2/c1-21-12-4-10(7-18)5-13(6-12)22-8-11-2-3-19-20(11)9-14(15,16)17/h2-6H,8-9H2,1H3. The van der Waals surface area contributed by atoms with Crippen LogP contribution in [0.4, 0.5) is 13.2 Å². The maximum atomic E-state index is 12.4. The van der Waals surface area contributed by atoms with Crippen LogP contribution in [0.1, 0.15) is 11.3 Å². The fourth-order valence-electron chi connectivity index (χ4n) is 1.79. The van der Waals surface area contributed by atoms with Gasteiger partial charge in [-0.25, -0.2) is 0 Å². The average Bonchev–Trinajstić information content (AvgIpc) is 2.89. The molecule has 0 unspecified atom stereocenters. The molecule has 22 heavy (non-hydrogen) atoms. The molecule has 0 saturated heterocycles. The van der Waals surface area contributed by atoms with Gasteiger partial charge in [0, 0.05) is 12.3 Å². The van der Waals surface area contributed by atoms with Crippen molar-refractivity contribution in [3.8, 4) is 17.6 Å². The maximum absolute atomic E-state index is 12.4. The second-order valence-corrected chi connectivity index (χ2v) is 4.39. The Balaban J connectivity index is 2.11. The van der Waals surface area contributed by atoms with Gasteiger partial charge in [0.1, 0.15) is 24.7 Å². The number of nitrogens with zero attached hydrogens (tertiary/aromatic N) is 3. The fraction of sp³-hybridized carbons (Fsp3) is 0.286. The largest absolute Gasteiger partial charge is 0.497 e. The van der Waals surface area contributed by atoms with Crippen LogP contribution < -0.4 is 9.47 Å². The van der Waals surface area contributed by atoms with Gasteiger partial charge in [-0.1, -0.05) is 0 Å². The summed E-state index contributed by atoms with van der Waals surface area (Å²) in [4.78, 5) is 0. The van der Waals surface area contributed by atoms with Crippen LogP contribution in [0.15, 0.2) is 30.5 Å². The molecule has 1 aromatic heterocycles. The predicted octanol–water partition coefficient (Wildman–Crippen LogP) is 2.90. The molecule has 5 nitrogen and oxygen atoms in total. The summed E-state index contributed by atoms with van der Waals surface area (Å²) < 4.78 is 48.5. The molecule has 0 radical (unpaired) electrons. The molecule has 116 valence electrons. The Bertz CT molecular complexity index is 689. The van der Waals surface area contributed by atoms with E-state index in [0.717, 1.165) is 4.68 Å². The molecule has 0 N–H and O–H groups in total. The normalized spacial score (nSPS) is 11.0. The van der Waals surface area contributed by atoms with Gasteiger partial charge in [-0.05, 0) is 18.2 Å². The van der Waals surface area contributed by atoms with Gasteiger partial charge in [-0.15, -0.1) is 0 Å². The Morgan fingerprint density at radius 3 is 2.64 bits per heavy atom. The smallest absolute Gasteiger partial charge is 0.408 e. The number of aromatic nitrogens is 2. The molecule has 0 aliphatic rings. The Labute approximate surface area is 124 Å². The van der Waals surface area contributed by atoms with E-state index in [2.05, 4.69) is 5.10 Å². The first-order valence-corrected chi connectivity index (χ1v) is 6.20. The topological polar surface area (TPSA) is 60.1 Å². The minimum atomic E-state index is -4.36. The zero-order valence-corrected chi connectivity index (χ0v) is 11.6. The summed E-state index contributed by atoms with van der Waals surface area (Å²) in [5.74, 6) is 0.758. The number of halogens is 3. The average molecular weight is 311 g/mol. The Morgan fingerprint density at radius 2 is 2.00 bits per heavy atom. The minimum Gasteiger partial charge on any atom is -0.497 e. The lowest BCUT2D eigenvalue weighted by molar-refractivity contribution is -0.143. The fourth-order valence-corrected chi connectivity index (χ4v) is 1.79. The lowest BCUT2D eigenvalue weighted by Gasteiger charge is -2.12. The Morgan fingerprint density at radius 1 is 1.27 bits per heavy atom. The number of hydrogen-bond donors (Lipinski definition) is 0. The number of alkyl halides is 3. The zero-order chi connectivity index (χ0) is 16.2. The third kappa shape index (κ3) is 4.15. The van der Waals surface area contributed by atoms with Crippen molar-refractivity contribution >= 4 is 0 Å². The highest BCUT2D eigenvalue weighted by molar-refractivity contribution is 5.43. The SMILES string of the molecule is COc1cc(C#N)cc(OCc2ccnn2CC(F)(F)F)c1. The van der Waals surface area contributed by atoms with Gasteiger partial charge in [0.2, 0.25) is 0 Å². The van der Waals surface area contributed by atoms with E-state index in [1.54, 1.807) is 6.07 Å². The molecule has 0 bridgehead atoms. The number of methoxy groups -OCH3 is 1. The molecule has 0 spiro atoms. The number of ether oxygens (including phenoxy) is 2. The molecule has 2 aromatic rings. The van der Waals surface area contributed by atoms with Crippen molar-refractivity contribution in [3.63, 3.8) is 0 Å². The van der Waals surface area contributed by atoms with Crippen molar-refractivity contribution in [1.82, 2.24) is 9.78 Å². The van der Waals surface area contributed by atoms with Crippen molar-refractivity contribution in [2.75, 3.05) is 7.11 Å². The van der Waals surface area contributed by atoms with Crippen LogP contribution in [0.5, 0.6) is 11.5 Å². The van der Waals surface area contributed by atoms with Crippen molar-refractivity contribution in [1.29, 1.82) is 5.26 Å². The monoisotopic (exact) mass is 311 g/mol. The van der Waals surface area contributed by atoms with Gasteiger partial charge in [0.05, 0.1) is 24.4 Å². The first kappa shape index (κ1) is 15.7. The van der Waals surface area contributed by atoms with E-state index >= 15 is 0 Å². The van der Waals surface area contributed by atoms with Gasteiger partial charge in [0.25, 0.3) is 0 Å². The number of benzene rings is 1. The molecule has 0 aliphatic heterocycles. The number of hydrogen-bond acceptors (Lipinski definition) is 4. The summed E-state index contributed by atoms with van der Waals surface area (Å²) in [7, 11) is 1.44. The van der Waals surface area contributed by atoms with E-state index in [1.165, 1.54) is 31.5 Å². The Hall–Kier alpha value is -2.69. The molecule has 8 heteroatoms. The van der Waals surface area contributed by atoms with E-state index in [1.807, 2.05) is 6.07 Å². The Kier molecular flexibility index (Phi) is 4.56. The number of rotatable bonds is 5. The quantitative estimate of drug-likeness (QED) is 0.852. The van der Waals surface area contributed by atoms with E-state index < -0.39 is 12.7 Å². The predicted molar refractivity (Wildman–Crippen MR) is 70.3 cm³/mol. The lowest BCUT2D eigenvalue weighted by atomic mass is 10.2. The second-order valence-electron chi connectivity index (χ2n) is 4.39. The molecular formula is C14H12F3N3O2. The summed E-state index contributed by atoms with van der Waals surface area (Å²) >= 11 is 0. The van der Waals surface area contributed by atoms with E-state index in [0.29, 0.717) is 17.1 Å². The molecule has 0 saturated carbocycles. The minimum absolute atomic E-state index is 0.103. The van der Waals surface area contributed by atoms with Crippen LogP contribution in [0.2, 0.25) is 0 Å². The van der Waals surface area contributed by atoms with Crippen LogP contribution in [-0.4, -0.2) is 23.1 Å². The zero-order valence-electron chi connectivity index (χ0n) is 11.6. The molecule has 0 fully saturated rings. The third-order valence-electron chi connectivity index (χ3n) is 2.77. The molecule has 1 heterocycles. The summed E-state index contributed by atoms with van der Waals surface area (Å²) in [6, 6.07) is 7.95. The second kappa shape index (κ2) is 6.39. The number of nitriles is 1. The van der Waals surface area contributed by atoms with Crippen molar-refractivity contribution in [3.05, 3.63) is 41.7 Å². The highest BCUT2D eigenvalue weighted by atomic mass is 19.4. The summed E-state index contributed by atoms with van der Waals surface area (Å²) in [5.41, 5.74) is 0.608. The molecular weight excluding hydrogens is 299 g/mol. The highest BCUT2D eigenvalue weighted by Gasteiger charge is 2.29. The molecule has 1 aromatic carbocycles. The van der Waals surface area contributed by atoms with Crippen molar-refractivity contribution in [2.24, 2.45) is 0 Å². The van der Waals surface area contributed by atoms with Gasteiger partial charge in [0.15, 0.2) is 0 Å². The first-order chi connectivity index (χ1) is 10.4. The molecule has 0 aliphatic carbocycles. The van der Waals surface area contributed by atoms with Gasteiger partial charge >= 0.3 is 6.18 Å². The molecule has 0 atom stereocenters. The van der Waals surface area contributed by atoms with E-state index in [4.69, 9.17) is 14.7 Å².